The molecule has 4 heteroatoms. The summed E-state index contributed by atoms with van der Waals surface area (Å²) in [5.41, 5.74) is 0. The third-order valence-corrected chi connectivity index (χ3v) is 2.83. The molecule has 0 aliphatic heterocycles. The maximum Gasteiger partial charge on any atom is 0.174 e. The molecule has 2 unspecified atom stereocenters. The van der Waals surface area contributed by atoms with E-state index < -0.39 is 10.4 Å². The van der Waals surface area contributed by atoms with E-state index in [1.807, 2.05) is 6.92 Å². The van der Waals surface area contributed by atoms with Gasteiger partial charge >= 0.3 is 0 Å². The van der Waals surface area contributed by atoms with Crippen LogP contribution in [0.3, 0.4) is 0 Å². The molecule has 0 aromatic heterocycles. The van der Waals surface area contributed by atoms with E-state index in [0.29, 0.717) is 5.88 Å². The van der Waals surface area contributed by atoms with Gasteiger partial charge in [0.2, 0.25) is 0 Å². The fourth-order valence-electron chi connectivity index (χ4n) is 0.246. The van der Waals surface area contributed by atoms with Crippen molar-refractivity contribution in [2.45, 2.75) is 18.6 Å². The van der Waals surface area contributed by atoms with E-state index in [0.717, 1.165) is 6.42 Å². The predicted molar refractivity (Wildman–Crippen MR) is 38.8 cm³/mol. The summed E-state index contributed by atoms with van der Waals surface area (Å²) >= 11 is 5.35. The Balaban J connectivity index is 3.17. The standard InChI is InChI=1S/C4H8Cl2OS/c1-4(2-3-5)8(6)7/h4H,2-3H2,1H3. The summed E-state index contributed by atoms with van der Waals surface area (Å²) in [7, 11) is 4.00. The third kappa shape index (κ3) is 3.84. The van der Waals surface area contributed by atoms with Crippen molar-refractivity contribution in [1.82, 2.24) is 0 Å². The molecule has 0 amide bonds. The molecule has 0 saturated heterocycles. The molecule has 0 rings (SSSR count). The molecule has 1 nitrogen and oxygen atoms in total. The molecule has 0 radical (unpaired) electrons. The minimum atomic E-state index is -1.22. The van der Waals surface area contributed by atoms with Crippen LogP contribution in [0.25, 0.3) is 0 Å². The summed E-state index contributed by atoms with van der Waals surface area (Å²) in [4.78, 5) is 0. The number of rotatable bonds is 3. The van der Waals surface area contributed by atoms with Crippen LogP contribution in [0.1, 0.15) is 13.3 Å². The lowest BCUT2D eigenvalue weighted by Gasteiger charge is -2.06. The van der Waals surface area contributed by atoms with Crippen molar-refractivity contribution < 1.29 is 4.55 Å². The van der Waals surface area contributed by atoms with Crippen LogP contribution < -0.4 is 0 Å². The van der Waals surface area contributed by atoms with Crippen molar-refractivity contribution in [2.75, 3.05) is 5.88 Å². The summed E-state index contributed by atoms with van der Waals surface area (Å²) in [5.74, 6) is 0.527. The molecular formula is C4H8Cl2OS. The maximum atomic E-state index is 10.4. The Morgan fingerprint density at radius 3 is 2.38 bits per heavy atom. The van der Waals surface area contributed by atoms with E-state index in [1.54, 1.807) is 0 Å². The molecule has 0 aromatic rings. The smallest absolute Gasteiger partial charge is 0.174 e. The molecule has 0 N–H and O–H groups in total. The molecular weight excluding hydrogens is 167 g/mol. The van der Waals surface area contributed by atoms with Crippen molar-refractivity contribution in [3.63, 3.8) is 0 Å². The Hall–Kier alpha value is 0.890. The van der Waals surface area contributed by atoms with Crippen LogP contribution in [0, 0.1) is 0 Å². The minimum absolute atomic E-state index is 0.0224. The Morgan fingerprint density at radius 1 is 1.75 bits per heavy atom. The number of hydrogen-bond donors (Lipinski definition) is 0. The van der Waals surface area contributed by atoms with Gasteiger partial charge in [-0.1, -0.05) is 0 Å². The number of hydrogen-bond acceptors (Lipinski definition) is 1. The van der Waals surface area contributed by atoms with E-state index in [2.05, 4.69) is 0 Å². The van der Waals surface area contributed by atoms with Gasteiger partial charge in [0.05, 0.1) is 10.4 Å². The first-order valence-corrected chi connectivity index (χ1v) is 4.88. The molecule has 50 valence electrons. The Labute approximate surface area is 62.0 Å². The lowest BCUT2D eigenvalue weighted by molar-refractivity contribution is 0.595. The van der Waals surface area contributed by atoms with Crippen LogP contribution in [0.2, 0.25) is 0 Å². The van der Waals surface area contributed by atoms with Crippen molar-refractivity contribution in [1.29, 1.82) is 0 Å². The van der Waals surface area contributed by atoms with E-state index in [-0.39, 0.29) is 5.25 Å². The second-order valence-electron chi connectivity index (χ2n) is 1.54. The van der Waals surface area contributed by atoms with Gasteiger partial charge in [0, 0.05) is 12.3 Å². The van der Waals surface area contributed by atoms with Crippen molar-refractivity contribution in [3.05, 3.63) is 0 Å². The van der Waals surface area contributed by atoms with E-state index in [4.69, 9.17) is 22.3 Å². The van der Waals surface area contributed by atoms with Gasteiger partial charge in [-0.15, -0.1) is 11.6 Å². The fourth-order valence-corrected chi connectivity index (χ4v) is 1.27. The van der Waals surface area contributed by atoms with Crippen LogP contribution in [0.5, 0.6) is 0 Å². The first kappa shape index (κ1) is 8.89. The first-order chi connectivity index (χ1) is 3.68. The normalized spacial score (nSPS) is 18.0. The van der Waals surface area contributed by atoms with Gasteiger partial charge in [-0.05, 0) is 6.92 Å². The third-order valence-electron chi connectivity index (χ3n) is 0.832. The zero-order chi connectivity index (χ0) is 6.57. The van der Waals surface area contributed by atoms with E-state index in [9.17, 15) is 4.55 Å². The monoisotopic (exact) mass is 174 g/mol. The number of alkyl halides is 1. The lowest BCUT2D eigenvalue weighted by atomic mass is 10.4. The summed E-state index contributed by atoms with van der Waals surface area (Å²) in [5, 5.41) is 0.0224. The Bertz CT molecular complexity index is 60.0. The van der Waals surface area contributed by atoms with Crippen molar-refractivity contribution in [3.8, 4) is 0 Å². The maximum absolute atomic E-state index is 10.4. The van der Waals surface area contributed by atoms with Gasteiger partial charge in [-0.3, -0.25) is 0 Å². The zero-order valence-corrected chi connectivity index (χ0v) is 6.89. The molecule has 0 aromatic carbocycles. The van der Waals surface area contributed by atoms with Gasteiger partial charge in [-0.25, -0.2) is 0 Å². The highest BCUT2D eigenvalue weighted by Crippen LogP contribution is 2.10. The lowest BCUT2D eigenvalue weighted by Crippen LogP contribution is -2.11. The second-order valence-corrected chi connectivity index (χ2v) is 4.13. The first-order valence-electron chi connectivity index (χ1n) is 2.31. The summed E-state index contributed by atoms with van der Waals surface area (Å²) < 4.78 is 10.4. The fraction of sp³-hybridized carbons (Fsp3) is 1.00. The average molecular weight is 175 g/mol. The summed E-state index contributed by atoms with van der Waals surface area (Å²) in [6.07, 6.45) is 0.720. The predicted octanol–water partition coefficient (Wildman–Crippen LogP) is 1.91. The molecule has 8 heavy (non-hydrogen) atoms. The molecule has 2 atom stereocenters. The second kappa shape index (κ2) is 4.74. The largest absolute Gasteiger partial charge is 0.599 e. The van der Waals surface area contributed by atoms with E-state index in [1.165, 1.54) is 0 Å². The van der Waals surface area contributed by atoms with Gasteiger partial charge in [-0.2, -0.15) is 0 Å². The van der Waals surface area contributed by atoms with Gasteiger partial charge in [0.25, 0.3) is 0 Å². The average Bonchev–Trinajstić information content (AvgIpc) is 1.67. The highest BCUT2D eigenvalue weighted by atomic mass is 35.7. The quantitative estimate of drug-likeness (QED) is 0.474. The van der Waals surface area contributed by atoms with Crippen LogP contribution in [-0.2, 0) is 10.4 Å². The molecule has 0 aliphatic carbocycles. The van der Waals surface area contributed by atoms with Crippen LogP contribution >= 0.6 is 22.3 Å². The summed E-state index contributed by atoms with van der Waals surface area (Å²) in [6, 6.07) is 0. The van der Waals surface area contributed by atoms with Crippen LogP contribution in [0.4, 0.5) is 0 Å². The number of halogens is 2. The zero-order valence-electron chi connectivity index (χ0n) is 4.56. The van der Waals surface area contributed by atoms with Crippen LogP contribution in [-0.4, -0.2) is 15.7 Å². The Morgan fingerprint density at radius 2 is 2.25 bits per heavy atom. The highest BCUT2D eigenvalue weighted by Gasteiger charge is 2.12. The minimum Gasteiger partial charge on any atom is -0.599 e. The van der Waals surface area contributed by atoms with Crippen molar-refractivity contribution in [2.24, 2.45) is 0 Å². The molecule has 0 heterocycles. The SMILES string of the molecule is CC(CCCl)[S+]([O-])Cl. The topological polar surface area (TPSA) is 23.1 Å². The molecule has 0 spiro atoms. The van der Waals surface area contributed by atoms with Gasteiger partial charge < -0.3 is 4.55 Å². The van der Waals surface area contributed by atoms with Gasteiger partial charge in [0.15, 0.2) is 10.7 Å². The molecule has 0 saturated carbocycles. The molecule has 0 bridgehead atoms. The highest BCUT2D eigenvalue weighted by molar-refractivity contribution is 8.14. The molecule has 0 aliphatic rings. The van der Waals surface area contributed by atoms with Gasteiger partial charge in [0.1, 0.15) is 5.25 Å². The van der Waals surface area contributed by atoms with Crippen molar-refractivity contribution >= 4 is 32.7 Å². The van der Waals surface area contributed by atoms with Crippen LogP contribution in [0.15, 0.2) is 0 Å². The summed E-state index contributed by atoms with van der Waals surface area (Å²) in [6.45, 7) is 1.81. The van der Waals surface area contributed by atoms with E-state index >= 15 is 0 Å². The Kier molecular flexibility index (Phi) is 5.27. The molecule has 0 fully saturated rings.